The van der Waals surface area contributed by atoms with Gasteiger partial charge in [-0.15, -0.1) is 10.2 Å². The maximum Gasteiger partial charge on any atom is 0.325 e. The molecule has 2 aromatic heterocycles. The van der Waals surface area contributed by atoms with E-state index in [1.807, 2.05) is 30.3 Å². The molecule has 0 radical (unpaired) electrons. The number of anilines is 1. The predicted molar refractivity (Wildman–Crippen MR) is 95.9 cm³/mol. The summed E-state index contributed by atoms with van der Waals surface area (Å²) in [6.07, 6.45) is 1.96. The molecule has 0 fully saturated rings. The fourth-order valence-corrected chi connectivity index (χ4v) is 2.43. The van der Waals surface area contributed by atoms with Crippen LogP contribution in [0.4, 0.5) is 5.69 Å². The Kier molecular flexibility index (Phi) is 4.88. The number of hydrogen-bond acceptors (Lipinski definition) is 6. The fraction of sp³-hybridized carbons (Fsp3) is 0.118. The van der Waals surface area contributed by atoms with Gasteiger partial charge in [-0.1, -0.05) is 30.3 Å². The Morgan fingerprint density at radius 1 is 1.15 bits per heavy atom. The van der Waals surface area contributed by atoms with E-state index in [-0.39, 0.29) is 17.0 Å². The molecule has 0 saturated heterocycles. The number of primary amides is 1. The molecule has 132 valence electrons. The van der Waals surface area contributed by atoms with Gasteiger partial charge in [0.1, 0.15) is 5.69 Å². The summed E-state index contributed by atoms with van der Waals surface area (Å²) >= 11 is 0. The third-order valence-electron chi connectivity index (χ3n) is 3.69. The Labute approximate surface area is 147 Å². The first-order valence-electron chi connectivity index (χ1n) is 7.82. The molecule has 0 atom stereocenters. The number of H-pyrrole nitrogens is 2. The van der Waals surface area contributed by atoms with Crippen LogP contribution in [0.15, 0.2) is 52.2 Å². The number of aromatic nitrogens is 4. The molecular formula is C17H16N6O3. The van der Waals surface area contributed by atoms with E-state index in [1.165, 1.54) is 12.3 Å². The van der Waals surface area contributed by atoms with Crippen molar-refractivity contribution >= 4 is 11.6 Å². The van der Waals surface area contributed by atoms with Crippen molar-refractivity contribution in [2.24, 2.45) is 5.73 Å². The number of aromatic amines is 2. The van der Waals surface area contributed by atoms with E-state index >= 15 is 0 Å². The highest BCUT2D eigenvalue weighted by Crippen LogP contribution is 2.18. The van der Waals surface area contributed by atoms with Crippen LogP contribution in [-0.4, -0.2) is 32.6 Å². The number of hydrogen-bond donors (Lipinski definition) is 4. The van der Waals surface area contributed by atoms with Gasteiger partial charge in [0.25, 0.3) is 11.5 Å². The number of carbonyl (C=O) groups excluding carboxylic acids is 1. The van der Waals surface area contributed by atoms with Crippen molar-refractivity contribution in [1.82, 2.24) is 20.2 Å². The largest absolute Gasteiger partial charge is 0.383 e. The topological polar surface area (TPSA) is 147 Å². The number of nitrogens with two attached hydrogens (primary N) is 1. The van der Waals surface area contributed by atoms with Gasteiger partial charge in [0.2, 0.25) is 0 Å². The standard InChI is InChI=1S/C17H16N6O3/c18-15(24)14-13(19-7-6-10-4-2-1-3-5-10)8-12(22-23-14)11-9-20-17(26)21-16(11)25/h1-5,8-9H,6-7H2,(H2,18,24)(H,19,22)(H2,20,21,25,26). The Bertz CT molecular complexity index is 1040. The first kappa shape index (κ1) is 17.1. The van der Waals surface area contributed by atoms with Crippen LogP contribution in [0.5, 0.6) is 0 Å². The fourth-order valence-electron chi connectivity index (χ4n) is 2.43. The highest BCUT2D eigenvalue weighted by Gasteiger charge is 2.15. The molecule has 9 heteroatoms. The van der Waals surface area contributed by atoms with Gasteiger partial charge in [-0.3, -0.25) is 14.6 Å². The maximum absolute atomic E-state index is 11.9. The normalized spacial score (nSPS) is 10.5. The molecule has 0 saturated carbocycles. The average Bonchev–Trinajstić information content (AvgIpc) is 2.62. The lowest BCUT2D eigenvalue weighted by Crippen LogP contribution is -2.23. The monoisotopic (exact) mass is 352 g/mol. The maximum atomic E-state index is 11.9. The second kappa shape index (κ2) is 7.43. The predicted octanol–water partition coefficient (Wildman–Crippen LogP) is 0.274. The number of benzene rings is 1. The van der Waals surface area contributed by atoms with Crippen molar-refractivity contribution in [3.63, 3.8) is 0 Å². The van der Waals surface area contributed by atoms with Crippen molar-refractivity contribution < 1.29 is 4.79 Å². The molecule has 1 amide bonds. The van der Waals surface area contributed by atoms with E-state index in [1.54, 1.807) is 0 Å². The van der Waals surface area contributed by atoms with E-state index in [0.29, 0.717) is 12.2 Å². The van der Waals surface area contributed by atoms with Gasteiger partial charge in [-0.05, 0) is 18.1 Å². The van der Waals surface area contributed by atoms with Crippen LogP contribution in [0.1, 0.15) is 16.1 Å². The molecule has 1 aromatic carbocycles. The summed E-state index contributed by atoms with van der Waals surface area (Å²) in [6.45, 7) is 0.525. The van der Waals surface area contributed by atoms with Gasteiger partial charge < -0.3 is 16.0 Å². The van der Waals surface area contributed by atoms with Crippen molar-refractivity contribution in [3.05, 3.63) is 74.7 Å². The van der Waals surface area contributed by atoms with Gasteiger partial charge in [0.05, 0.1) is 11.3 Å². The van der Waals surface area contributed by atoms with E-state index in [4.69, 9.17) is 5.73 Å². The van der Waals surface area contributed by atoms with E-state index in [0.717, 1.165) is 12.0 Å². The van der Waals surface area contributed by atoms with Crippen LogP contribution in [0.3, 0.4) is 0 Å². The Morgan fingerprint density at radius 3 is 2.62 bits per heavy atom. The summed E-state index contributed by atoms with van der Waals surface area (Å²) in [4.78, 5) is 39.1. The second-order valence-corrected chi connectivity index (χ2v) is 5.50. The Balaban J connectivity index is 1.88. The molecular weight excluding hydrogens is 336 g/mol. The van der Waals surface area contributed by atoms with Crippen LogP contribution >= 0.6 is 0 Å². The third-order valence-corrected chi connectivity index (χ3v) is 3.69. The molecule has 2 heterocycles. The minimum Gasteiger partial charge on any atom is -0.383 e. The number of amides is 1. The third kappa shape index (κ3) is 3.83. The van der Waals surface area contributed by atoms with Gasteiger partial charge in [-0.2, -0.15) is 0 Å². The molecule has 26 heavy (non-hydrogen) atoms. The zero-order chi connectivity index (χ0) is 18.5. The van der Waals surface area contributed by atoms with Crippen molar-refractivity contribution in [2.75, 3.05) is 11.9 Å². The van der Waals surface area contributed by atoms with Crippen LogP contribution in [0, 0.1) is 0 Å². The summed E-state index contributed by atoms with van der Waals surface area (Å²) in [5.74, 6) is -0.735. The van der Waals surface area contributed by atoms with Gasteiger partial charge >= 0.3 is 5.69 Å². The molecule has 0 aliphatic carbocycles. The lowest BCUT2D eigenvalue weighted by molar-refractivity contribution is 0.0995. The van der Waals surface area contributed by atoms with E-state index in [9.17, 15) is 14.4 Å². The zero-order valence-electron chi connectivity index (χ0n) is 13.7. The summed E-state index contributed by atoms with van der Waals surface area (Å²) in [6, 6.07) is 11.3. The lowest BCUT2D eigenvalue weighted by Gasteiger charge is -2.10. The smallest absolute Gasteiger partial charge is 0.325 e. The van der Waals surface area contributed by atoms with Crippen LogP contribution < -0.4 is 22.3 Å². The van der Waals surface area contributed by atoms with Gasteiger partial charge in [0.15, 0.2) is 5.69 Å². The second-order valence-electron chi connectivity index (χ2n) is 5.50. The molecule has 0 bridgehead atoms. The summed E-state index contributed by atoms with van der Waals surface area (Å²) in [5, 5.41) is 10.8. The molecule has 0 aliphatic rings. The van der Waals surface area contributed by atoms with Crippen LogP contribution in [0.25, 0.3) is 11.3 Å². The minimum atomic E-state index is -0.735. The van der Waals surface area contributed by atoms with Crippen molar-refractivity contribution in [2.45, 2.75) is 6.42 Å². The highest BCUT2D eigenvalue weighted by atomic mass is 16.2. The Morgan fingerprint density at radius 2 is 1.92 bits per heavy atom. The molecule has 3 rings (SSSR count). The van der Waals surface area contributed by atoms with Crippen LogP contribution in [-0.2, 0) is 6.42 Å². The first-order valence-corrected chi connectivity index (χ1v) is 7.82. The average molecular weight is 352 g/mol. The van der Waals surface area contributed by atoms with Crippen LogP contribution in [0.2, 0.25) is 0 Å². The van der Waals surface area contributed by atoms with Gasteiger partial charge in [0, 0.05) is 12.7 Å². The van der Waals surface area contributed by atoms with Crippen molar-refractivity contribution in [3.8, 4) is 11.3 Å². The van der Waals surface area contributed by atoms with Gasteiger partial charge in [-0.25, -0.2) is 4.79 Å². The molecule has 0 spiro atoms. The van der Waals surface area contributed by atoms with E-state index in [2.05, 4.69) is 25.5 Å². The number of carbonyl (C=O) groups is 1. The zero-order valence-corrected chi connectivity index (χ0v) is 13.7. The number of nitrogens with zero attached hydrogens (tertiary/aromatic N) is 2. The van der Waals surface area contributed by atoms with E-state index < -0.39 is 17.2 Å². The Hall–Kier alpha value is -3.75. The van der Waals surface area contributed by atoms with Crippen molar-refractivity contribution in [1.29, 1.82) is 0 Å². The molecule has 3 aromatic rings. The molecule has 9 nitrogen and oxygen atoms in total. The number of nitrogens with one attached hydrogen (secondary N) is 3. The quantitative estimate of drug-likeness (QED) is 0.501. The molecule has 5 N–H and O–H groups in total. The lowest BCUT2D eigenvalue weighted by atomic mass is 10.1. The highest BCUT2D eigenvalue weighted by molar-refractivity contribution is 5.96. The summed E-state index contributed by atoms with van der Waals surface area (Å²) < 4.78 is 0. The first-order chi connectivity index (χ1) is 12.5. The minimum absolute atomic E-state index is 0.0253. The molecule has 0 aliphatic heterocycles. The number of rotatable bonds is 6. The SMILES string of the molecule is NC(=O)c1nnc(-c2c[nH]c(=O)[nH]c2=O)cc1NCCc1ccccc1. The summed E-state index contributed by atoms with van der Waals surface area (Å²) in [5.41, 5.74) is 5.90. The summed E-state index contributed by atoms with van der Waals surface area (Å²) in [7, 11) is 0. The molecule has 0 unspecified atom stereocenters.